The Morgan fingerprint density at radius 2 is 1.62 bits per heavy atom. The average Bonchev–Trinajstić information content (AvgIpc) is 3.01. The van der Waals surface area contributed by atoms with Crippen LogP contribution in [-0.2, 0) is 13.1 Å². The van der Waals surface area contributed by atoms with E-state index in [0.717, 1.165) is 44.8 Å². The zero-order valence-electron chi connectivity index (χ0n) is 15.2. The second-order valence-electron chi connectivity index (χ2n) is 8.03. The van der Waals surface area contributed by atoms with Crippen LogP contribution in [0, 0.1) is 11.2 Å². The number of para-hydroxylation sites is 1. The molecule has 1 unspecified atom stereocenters. The first-order valence-corrected chi connectivity index (χ1v) is 9.58. The Kier molecular flexibility index (Phi) is 4.96. The zero-order chi connectivity index (χ0) is 18.0. The second kappa shape index (κ2) is 7.37. The maximum atomic E-state index is 13.1. The van der Waals surface area contributed by atoms with Gasteiger partial charge in [0.05, 0.1) is 0 Å². The second-order valence-corrected chi connectivity index (χ2v) is 8.03. The molecule has 4 heteroatoms. The molecule has 138 valence electrons. The molecule has 2 aromatic rings. The van der Waals surface area contributed by atoms with Crippen molar-refractivity contribution < 1.29 is 9.50 Å². The number of piperidine rings is 1. The minimum absolute atomic E-state index is 0.167. The molecule has 0 amide bonds. The molecule has 0 aromatic heterocycles. The molecule has 1 atom stereocenters. The van der Waals surface area contributed by atoms with E-state index in [2.05, 4.69) is 9.80 Å². The summed E-state index contributed by atoms with van der Waals surface area (Å²) in [6.45, 7) is 6.16. The number of benzene rings is 2. The number of aromatic hydroxyl groups is 1. The Morgan fingerprint density at radius 1 is 0.885 bits per heavy atom. The van der Waals surface area contributed by atoms with Crippen LogP contribution < -0.4 is 0 Å². The van der Waals surface area contributed by atoms with Gasteiger partial charge in [-0.1, -0.05) is 30.3 Å². The first-order chi connectivity index (χ1) is 12.6. The van der Waals surface area contributed by atoms with Crippen molar-refractivity contribution in [1.82, 2.24) is 9.80 Å². The number of phenols is 1. The molecule has 2 heterocycles. The van der Waals surface area contributed by atoms with Crippen molar-refractivity contribution in [1.29, 1.82) is 0 Å². The van der Waals surface area contributed by atoms with Crippen LogP contribution >= 0.6 is 0 Å². The Hall–Kier alpha value is -1.91. The summed E-state index contributed by atoms with van der Waals surface area (Å²) in [7, 11) is 0. The first kappa shape index (κ1) is 17.5. The summed E-state index contributed by atoms with van der Waals surface area (Å²) < 4.78 is 13.1. The topological polar surface area (TPSA) is 26.7 Å². The number of hydrogen-bond donors (Lipinski definition) is 1. The molecule has 1 spiro atoms. The summed E-state index contributed by atoms with van der Waals surface area (Å²) in [6.07, 6.45) is 3.73. The van der Waals surface area contributed by atoms with Crippen molar-refractivity contribution in [3.05, 3.63) is 65.5 Å². The number of phenolic OH excluding ortho intramolecular Hbond substituents is 1. The van der Waals surface area contributed by atoms with Crippen LogP contribution in [-0.4, -0.2) is 41.1 Å². The molecule has 2 aromatic carbocycles. The largest absolute Gasteiger partial charge is 0.508 e. The van der Waals surface area contributed by atoms with E-state index in [4.69, 9.17) is 0 Å². The molecule has 2 saturated heterocycles. The van der Waals surface area contributed by atoms with Gasteiger partial charge in [0.25, 0.3) is 0 Å². The van der Waals surface area contributed by atoms with Crippen LogP contribution in [0.1, 0.15) is 30.4 Å². The molecule has 0 aliphatic carbocycles. The molecular weight excluding hydrogens is 327 g/mol. The smallest absolute Gasteiger partial charge is 0.123 e. The van der Waals surface area contributed by atoms with Crippen LogP contribution in [0.2, 0.25) is 0 Å². The average molecular weight is 354 g/mol. The Balaban J connectivity index is 1.38. The first-order valence-electron chi connectivity index (χ1n) is 9.58. The van der Waals surface area contributed by atoms with E-state index in [1.54, 1.807) is 18.2 Å². The Bertz CT molecular complexity index is 748. The van der Waals surface area contributed by atoms with Gasteiger partial charge in [-0.05, 0) is 61.5 Å². The lowest BCUT2D eigenvalue weighted by atomic mass is 9.79. The standard InChI is InChI=1S/C22H27FN2O/c23-20-8-6-18(7-9-20)14-24-12-3-10-22(16-24)11-13-25(17-22)15-19-4-1-2-5-21(19)26/h1-2,4-9,26H,3,10-17H2. The normalized spacial score (nSPS) is 24.3. The van der Waals surface area contributed by atoms with Crippen molar-refractivity contribution in [2.45, 2.75) is 32.4 Å². The molecule has 0 bridgehead atoms. The third-order valence-corrected chi connectivity index (χ3v) is 5.96. The highest BCUT2D eigenvalue weighted by atomic mass is 19.1. The summed E-state index contributed by atoms with van der Waals surface area (Å²) in [5, 5.41) is 10.0. The van der Waals surface area contributed by atoms with Gasteiger partial charge in [0.15, 0.2) is 0 Å². The van der Waals surface area contributed by atoms with Crippen molar-refractivity contribution in [2.75, 3.05) is 26.2 Å². The summed E-state index contributed by atoms with van der Waals surface area (Å²) in [4.78, 5) is 5.01. The van der Waals surface area contributed by atoms with Gasteiger partial charge in [-0.15, -0.1) is 0 Å². The fourth-order valence-corrected chi connectivity index (χ4v) is 4.67. The van der Waals surface area contributed by atoms with Crippen LogP contribution in [0.25, 0.3) is 0 Å². The number of nitrogens with zero attached hydrogens (tertiary/aromatic N) is 2. The monoisotopic (exact) mass is 354 g/mol. The number of hydrogen-bond acceptors (Lipinski definition) is 3. The Labute approximate surface area is 155 Å². The van der Waals surface area contributed by atoms with Gasteiger partial charge >= 0.3 is 0 Å². The minimum atomic E-state index is -0.167. The molecule has 1 N–H and O–H groups in total. The van der Waals surface area contributed by atoms with Gasteiger partial charge in [-0.2, -0.15) is 0 Å². The summed E-state index contributed by atoms with van der Waals surface area (Å²) >= 11 is 0. The molecule has 3 nitrogen and oxygen atoms in total. The van der Waals surface area contributed by atoms with Gasteiger partial charge in [0, 0.05) is 31.7 Å². The highest BCUT2D eigenvalue weighted by Gasteiger charge is 2.41. The quantitative estimate of drug-likeness (QED) is 0.898. The lowest BCUT2D eigenvalue weighted by molar-refractivity contribution is 0.0865. The van der Waals surface area contributed by atoms with Crippen LogP contribution in [0.3, 0.4) is 0 Å². The summed E-state index contributed by atoms with van der Waals surface area (Å²) in [6, 6.07) is 14.6. The molecule has 2 fully saturated rings. The maximum absolute atomic E-state index is 13.1. The van der Waals surface area contributed by atoms with Crippen LogP contribution in [0.4, 0.5) is 4.39 Å². The van der Waals surface area contributed by atoms with E-state index in [1.807, 2.05) is 30.3 Å². The number of likely N-dealkylation sites (tertiary alicyclic amines) is 2. The third kappa shape index (κ3) is 3.92. The van der Waals surface area contributed by atoms with Crippen LogP contribution in [0.5, 0.6) is 5.75 Å². The molecular formula is C22H27FN2O. The van der Waals surface area contributed by atoms with E-state index in [1.165, 1.54) is 24.8 Å². The number of rotatable bonds is 4. The lowest BCUT2D eigenvalue weighted by Gasteiger charge is -2.40. The van der Waals surface area contributed by atoms with E-state index < -0.39 is 0 Å². The highest BCUT2D eigenvalue weighted by Crippen LogP contribution is 2.40. The maximum Gasteiger partial charge on any atom is 0.123 e. The molecule has 0 radical (unpaired) electrons. The van der Waals surface area contributed by atoms with E-state index in [-0.39, 0.29) is 5.82 Å². The predicted octanol–water partition coefficient (Wildman–Crippen LogP) is 4.02. The fraction of sp³-hybridized carbons (Fsp3) is 0.455. The Morgan fingerprint density at radius 3 is 2.38 bits per heavy atom. The van der Waals surface area contributed by atoms with Gasteiger partial charge in [-0.25, -0.2) is 4.39 Å². The van der Waals surface area contributed by atoms with Crippen molar-refractivity contribution >= 4 is 0 Å². The molecule has 4 rings (SSSR count). The third-order valence-electron chi connectivity index (χ3n) is 5.96. The van der Waals surface area contributed by atoms with E-state index in [0.29, 0.717) is 11.2 Å². The van der Waals surface area contributed by atoms with E-state index >= 15 is 0 Å². The summed E-state index contributed by atoms with van der Waals surface area (Å²) in [5.41, 5.74) is 2.57. The zero-order valence-corrected chi connectivity index (χ0v) is 15.2. The van der Waals surface area contributed by atoms with E-state index in [9.17, 15) is 9.50 Å². The SMILES string of the molecule is Oc1ccccc1CN1CCC2(CCCN(Cc3ccc(F)cc3)C2)C1. The number of halogens is 1. The van der Waals surface area contributed by atoms with Gasteiger partial charge in [0.1, 0.15) is 11.6 Å². The predicted molar refractivity (Wildman–Crippen MR) is 101 cm³/mol. The lowest BCUT2D eigenvalue weighted by Crippen LogP contribution is -2.44. The highest BCUT2D eigenvalue weighted by molar-refractivity contribution is 5.31. The summed E-state index contributed by atoms with van der Waals surface area (Å²) in [5.74, 6) is 0.231. The molecule has 2 aliphatic heterocycles. The van der Waals surface area contributed by atoms with Crippen molar-refractivity contribution in [3.8, 4) is 5.75 Å². The minimum Gasteiger partial charge on any atom is -0.508 e. The molecule has 26 heavy (non-hydrogen) atoms. The van der Waals surface area contributed by atoms with Crippen LogP contribution in [0.15, 0.2) is 48.5 Å². The van der Waals surface area contributed by atoms with Crippen molar-refractivity contribution in [3.63, 3.8) is 0 Å². The molecule has 2 aliphatic rings. The van der Waals surface area contributed by atoms with Crippen molar-refractivity contribution in [2.24, 2.45) is 5.41 Å². The van der Waals surface area contributed by atoms with Gasteiger partial charge in [0.2, 0.25) is 0 Å². The van der Waals surface area contributed by atoms with Gasteiger partial charge < -0.3 is 5.11 Å². The fourth-order valence-electron chi connectivity index (χ4n) is 4.67. The van der Waals surface area contributed by atoms with Gasteiger partial charge in [-0.3, -0.25) is 9.80 Å². The molecule has 0 saturated carbocycles.